The molecule has 2 aliphatic rings. The van der Waals surface area contributed by atoms with Crippen LogP contribution in [0.15, 0.2) is 60.4 Å². The topological polar surface area (TPSA) is 66.5 Å². The van der Waals surface area contributed by atoms with Crippen LogP contribution in [0.25, 0.3) is 0 Å². The first-order chi connectivity index (χ1) is 13.2. The number of hydrogen-bond donors (Lipinski definition) is 1. The highest BCUT2D eigenvalue weighted by atomic mass is 32.2. The largest absolute Gasteiger partial charge is 0.511 e. The molecule has 1 heterocycles. The third kappa shape index (κ3) is 5.93. The van der Waals surface area contributed by atoms with E-state index in [0.29, 0.717) is 29.1 Å². The summed E-state index contributed by atoms with van der Waals surface area (Å²) in [5, 5.41) is 3.22. The number of hydrogen-bond acceptors (Lipinski definition) is 4. The SMILES string of the molecule is C=C/C=C(\C=C)CCC1CN(S(=O)(=O)C(F)(F)F)CC2=CCCC=C2N1.C=O. The number of carbonyl (C=O) groups is 1. The normalized spacial score (nSPS) is 21.0. The Morgan fingerprint density at radius 3 is 2.46 bits per heavy atom. The number of rotatable bonds is 6. The van der Waals surface area contributed by atoms with Gasteiger partial charge < -0.3 is 10.1 Å². The predicted molar refractivity (Wildman–Crippen MR) is 104 cm³/mol. The molecule has 1 aliphatic carbocycles. The lowest BCUT2D eigenvalue weighted by atomic mass is 10.0. The third-order valence-electron chi connectivity index (χ3n) is 4.39. The van der Waals surface area contributed by atoms with E-state index in [1.54, 1.807) is 24.3 Å². The molecule has 1 atom stereocenters. The van der Waals surface area contributed by atoms with Crippen molar-refractivity contribution in [2.24, 2.45) is 0 Å². The van der Waals surface area contributed by atoms with Crippen LogP contribution < -0.4 is 5.32 Å². The number of alkyl halides is 3. The number of carbonyl (C=O) groups excluding carboxylic acids is 1. The summed E-state index contributed by atoms with van der Waals surface area (Å²) in [6, 6.07) is -0.435. The van der Waals surface area contributed by atoms with Gasteiger partial charge in [0.1, 0.15) is 6.79 Å². The number of sulfonamides is 1. The van der Waals surface area contributed by atoms with Crippen LogP contribution in [0.1, 0.15) is 25.7 Å². The highest BCUT2D eigenvalue weighted by Gasteiger charge is 2.51. The second-order valence-corrected chi connectivity index (χ2v) is 8.16. The van der Waals surface area contributed by atoms with Gasteiger partial charge in [-0.3, -0.25) is 0 Å². The molecule has 0 bridgehead atoms. The zero-order chi connectivity index (χ0) is 21.4. The van der Waals surface area contributed by atoms with E-state index in [1.165, 1.54) is 0 Å². The van der Waals surface area contributed by atoms with E-state index in [4.69, 9.17) is 4.79 Å². The first-order valence-electron chi connectivity index (χ1n) is 8.64. The van der Waals surface area contributed by atoms with Gasteiger partial charge in [0.05, 0.1) is 0 Å². The van der Waals surface area contributed by atoms with E-state index in [1.807, 2.05) is 12.9 Å². The van der Waals surface area contributed by atoms with E-state index in [0.717, 1.165) is 17.7 Å². The average molecular weight is 418 g/mol. The van der Waals surface area contributed by atoms with Crippen LogP contribution in [0.5, 0.6) is 0 Å². The summed E-state index contributed by atoms with van der Waals surface area (Å²) < 4.78 is 63.6. The molecular formula is C19H25F3N2O3S. The van der Waals surface area contributed by atoms with E-state index < -0.39 is 21.6 Å². The standard InChI is InChI=1S/C18H23F3N2O2S.CH2O/c1-3-7-14(4-2)10-11-16-13-23(26(24,25)18(19,20)21)12-15-8-5-6-9-17(15)22-16;1-2/h3-4,7-9,16,22H,1-2,5-6,10-13H2;1H2/b14-7+;. The van der Waals surface area contributed by atoms with Crippen LogP contribution in [0, 0.1) is 0 Å². The quantitative estimate of drug-likeness (QED) is 0.670. The maximum Gasteiger partial charge on any atom is 0.511 e. The molecule has 0 spiro atoms. The maximum absolute atomic E-state index is 13.1. The summed E-state index contributed by atoms with van der Waals surface area (Å²) in [4.78, 5) is 8.00. The molecule has 0 aromatic carbocycles. The van der Waals surface area contributed by atoms with Gasteiger partial charge in [0.2, 0.25) is 0 Å². The fourth-order valence-corrected chi connectivity index (χ4v) is 4.01. The van der Waals surface area contributed by atoms with Gasteiger partial charge in [-0.2, -0.15) is 17.5 Å². The lowest BCUT2D eigenvalue weighted by Gasteiger charge is -2.25. The van der Waals surface area contributed by atoms with Gasteiger partial charge in [-0.05, 0) is 36.8 Å². The first-order valence-corrected chi connectivity index (χ1v) is 10.1. The number of nitrogens with one attached hydrogen (secondary N) is 1. The molecule has 0 saturated carbocycles. The molecular weight excluding hydrogens is 393 g/mol. The molecule has 1 aliphatic heterocycles. The Balaban J connectivity index is 0.00000190. The summed E-state index contributed by atoms with van der Waals surface area (Å²) in [7, 11) is -5.39. The summed E-state index contributed by atoms with van der Waals surface area (Å²) in [6.07, 6.45) is 11.3. The molecule has 156 valence electrons. The van der Waals surface area contributed by atoms with Crippen molar-refractivity contribution in [3.05, 3.63) is 60.4 Å². The van der Waals surface area contributed by atoms with E-state index in [-0.39, 0.29) is 13.1 Å². The average Bonchev–Trinajstić information content (AvgIpc) is 2.85. The predicted octanol–water partition coefficient (Wildman–Crippen LogP) is 3.61. The van der Waals surface area contributed by atoms with Gasteiger partial charge in [-0.1, -0.05) is 43.5 Å². The van der Waals surface area contributed by atoms with Crippen LogP contribution >= 0.6 is 0 Å². The molecule has 0 radical (unpaired) electrons. The molecule has 0 amide bonds. The smallest absolute Gasteiger partial charge is 0.381 e. The second-order valence-electron chi connectivity index (χ2n) is 6.23. The first kappa shape index (κ1) is 23.9. The van der Waals surface area contributed by atoms with Crippen molar-refractivity contribution in [3.8, 4) is 0 Å². The fourth-order valence-electron chi connectivity index (χ4n) is 3.03. The monoisotopic (exact) mass is 418 g/mol. The zero-order valence-electron chi connectivity index (χ0n) is 15.5. The summed E-state index contributed by atoms with van der Waals surface area (Å²) in [6.45, 7) is 8.81. The fraction of sp³-hybridized carbons (Fsp3) is 0.421. The third-order valence-corrected chi connectivity index (χ3v) is 5.93. The molecule has 1 N–H and O–H groups in total. The van der Waals surface area contributed by atoms with Gasteiger partial charge in [-0.25, -0.2) is 8.42 Å². The van der Waals surface area contributed by atoms with Crippen LogP contribution in [-0.2, 0) is 14.8 Å². The molecule has 1 saturated heterocycles. The van der Waals surface area contributed by atoms with Crippen LogP contribution in [0.4, 0.5) is 13.2 Å². The lowest BCUT2D eigenvalue weighted by Crippen LogP contribution is -2.45. The van der Waals surface area contributed by atoms with Gasteiger partial charge in [0.15, 0.2) is 0 Å². The molecule has 1 fully saturated rings. The molecule has 2 rings (SSSR count). The minimum Gasteiger partial charge on any atom is -0.381 e. The highest BCUT2D eigenvalue weighted by molar-refractivity contribution is 7.90. The van der Waals surface area contributed by atoms with Gasteiger partial charge in [-0.15, -0.1) is 0 Å². The van der Waals surface area contributed by atoms with E-state index >= 15 is 0 Å². The minimum absolute atomic E-state index is 0.241. The molecule has 5 nitrogen and oxygen atoms in total. The zero-order valence-corrected chi connectivity index (χ0v) is 16.4. The molecule has 0 aromatic heterocycles. The number of fused-ring (bicyclic) bond motifs is 1. The Labute approximate surface area is 164 Å². The Morgan fingerprint density at radius 2 is 1.89 bits per heavy atom. The summed E-state index contributed by atoms with van der Waals surface area (Å²) in [5.74, 6) is 0. The summed E-state index contributed by atoms with van der Waals surface area (Å²) >= 11 is 0. The van der Waals surface area contributed by atoms with Gasteiger partial charge in [0, 0.05) is 24.8 Å². The van der Waals surface area contributed by atoms with Crippen molar-refractivity contribution in [2.75, 3.05) is 13.1 Å². The van der Waals surface area contributed by atoms with Crippen molar-refractivity contribution in [1.29, 1.82) is 0 Å². The van der Waals surface area contributed by atoms with Crippen molar-refractivity contribution in [2.45, 2.75) is 37.2 Å². The van der Waals surface area contributed by atoms with E-state index in [9.17, 15) is 21.6 Å². The van der Waals surface area contributed by atoms with Crippen LogP contribution in [-0.4, -0.2) is 44.2 Å². The van der Waals surface area contributed by atoms with Gasteiger partial charge in [0.25, 0.3) is 0 Å². The Bertz CT molecular complexity index is 768. The van der Waals surface area contributed by atoms with Crippen molar-refractivity contribution < 1.29 is 26.4 Å². The molecule has 9 heteroatoms. The minimum atomic E-state index is -5.39. The second kappa shape index (κ2) is 10.4. The van der Waals surface area contributed by atoms with Crippen molar-refractivity contribution in [1.82, 2.24) is 9.62 Å². The van der Waals surface area contributed by atoms with Gasteiger partial charge >= 0.3 is 15.5 Å². The van der Waals surface area contributed by atoms with Crippen LogP contribution in [0.3, 0.4) is 0 Å². The van der Waals surface area contributed by atoms with Crippen LogP contribution in [0.2, 0.25) is 0 Å². The Kier molecular flexibility index (Phi) is 8.90. The van der Waals surface area contributed by atoms with E-state index in [2.05, 4.69) is 18.5 Å². The number of halogens is 3. The number of allylic oxidation sites excluding steroid dienone is 6. The molecule has 0 aromatic rings. The lowest BCUT2D eigenvalue weighted by molar-refractivity contribution is -0.0980. The molecule has 28 heavy (non-hydrogen) atoms. The molecule has 1 unspecified atom stereocenters. The van der Waals surface area contributed by atoms with Crippen molar-refractivity contribution in [3.63, 3.8) is 0 Å². The Morgan fingerprint density at radius 1 is 1.25 bits per heavy atom. The van der Waals surface area contributed by atoms with Crippen molar-refractivity contribution >= 4 is 16.8 Å². The maximum atomic E-state index is 13.1. The summed E-state index contributed by atoms with van der Waals surface area (Å²) in [5.41, 5.74) is -3.09. The highest BCUT2D eigenvalue weighted by Crippen LogP contribution is 2.31. The number of nitrogens with zero attached hydrogens (tertiary/aromatic N) is 1. The Hall–Kier alpha value is -2.13.